The van der Waals surface area contributed by atoms with Gasteiger partial charge in [-0.05, 0) is 39.2 Å². The van der Waals surface area contributed by atoms with Gasteiger partial charge in [-0.1, -0.05) is 6.42 Å². The van der Waals surface area contributed by atoms with E-state index in [9.17, 15) is 4.79 Å². The highest BCUT2D eigenvalue weighted by atomic mass is 32.1. The zero-order valence-electron chi connectivity index (χ0n) is 12.0. The number of carbonyl (C=O) groups is 1. The number of nitrogens with zero attached hydrogens (tertiary/aromatic N) is 2. The lowest BCUT2D eigenvalue weighted by atomic mass is 10.0. The Labute approximate surface area is 123 Å². The highest BCUT2D eigenvalue weighted by molar-refractivity contribution is 7.11. The van der Waals surface area contributed by atoms with E-state index in [-0.39, 0.29) is 6.42 Å². The zero-order valence-corrected chi connectivity index (χ0v) is 12.8. The number of likely N-dealkylation sites (tertiary alicyclic amines) is 1. The molecule has 3 rings (SSSR count). The smallest absolute Gasteiger partial charge is 0.308 e. The van der Waals surface area contributed by atoms with Crippen LogP contribution in [0.5, 0.6) is 0 Å². The van der Waals surface area contributed by atoms with Crippen LogP contribution in [0.2, 0.25) is 0 Å². The van der Waals surface area contributed by atoms with E-state index in [1.165, 1.54) is 32.1 Å². The van der Waals surface area contributed by atoms with E-state index >= 15 is 0 Å². The van der Waals surface area contributed by atoms with Crippen LogP contribution in [0, 0.1) is 0 Å². The molecule has 1 aromatic rings. The van der Waals surface area contributed by atoms with Gasteiger partial charge < -0.3 is 5.11 Å². The molecule has 4 nitrogen and oxygen atoms in total. The van der Waals surface area contributed by atoms with Crippen molar-refractivity contribution in [3.05, 3.63) is 15.6 Å². The lowest BCUT2D eigenvalue weighted by Crippen LogP contribution is -2.36. The summed E-state index contributed by atoms with van der Waals surface area (Å²) >= 11 is 1.62. The quantitative estimate of drug-likeness (QED) is 0.907. The third-order valence-electron chi connectivity index (χ3n) is 4.33. The highest BCUT2D eigenvalue weighted by Gasteiger charge is 2.31. The fourth-order valence-corrected chi connectivity index (χ4v) is 4.16. The summed E-state index contributed by atoms with van der Waals surface area (Å²) in [6.07, 6.45) is 6.36. The van der Waals surface area contributed by atoms with E-state index in [1.54, 1.807) is 11.3 Å². The maximum Gasteiger partial charge on any atom is 0.308 e. The van der Waals surface area contributed by atoms with Crippen molar-refractivity contribution in [1.82, 2.24) is 9.88 Å². The van der Waals surface area contributed by atoms with Crippen LogP contribution in [0.25, 0.3) is 0 Å². The predicted octanol–water partition coefficient (Wildman–Crippen LogP) is 3.02. The van der Waals surface area contributed by atoms with Gasteiger partial charge in [-0.15, -0.1) is 11.3 Å². The van der Waals surface area contributed by atoms with Crippen molar-refractivity contribution in [3.63, 3.8) is 0 Å². The highest BCUT2D eigenvalue weighted by Crippen LogP contribution is 2.43. The van der Waals surface area contributed by atoms with Gasteiger partial charge in [-0.25, -0.2) is 4.98 Å². The molecule has 1 N–H and O–H groups in total. The molecule has 1 saturated carbocycles. The maximum absolute atomic E-state index is 11.0. The number of rotatable bonds is 5. The molecule has 0 bridgehead atoms. The molecule has 0 amide bonds. The second kappa shape index (κ2) is 5.82. The number of hydrogen-bond donors (Lipinski definition) is 1. The first-order valence-corrected chi connectivity index (χ1v) is 8.39. The van der Waals surface area contributed by atoms with Crippen LogP contribution in [0.15, 0.2) is 0 Å². The van der Waals surface area contributed by atoms with Crippen molar-refractivity contribution in [2.75, 3.05) is 6.54 Å². The van der Waals surface area contributed by atoms with Gasteiger partial charge in [0, 0.05) is 16.8 Å². The minimum absolute atomic E-state index is 0.138. The zero-order chi connectivity index (χ0) is 14.1. The summed E-state index contributed by atoms with van der Waals surface area (Å²) in [5.41, 5.74) is 1.08. The fraction of sp³-hybridized carbons (Fsp3) is 0.733. The molecule has 5 heteroatoms. The average Bonchev–Trinajstić information content (AvgIpc) is 3.16. The Balaban J connectivity index is 1.74. The molecule has 1 atom stereocenters. The van der Waals surface area contributed by atoms with Gasteiger partial charge in [-0.2, -0.15) is 0 Å². The van der Waals surface area contributed by atoms with Crippen LogP contribution in [0.1, 0.15) is 60.5 Å². The number of carboxylic acid groups (broad SMARTS) is 1. The van der Waals surface area contributed by atoms with Crippen molar-refractivity contribution in [2.24, 2.45) is 0 Å². The number of piperidine rings is 1. The second-order valence-corrected chi connectivity index (χ2v) is 7.24. The van der Waals surface area contributed by atoms with Gasteiger partial charge in [0.05, 0.1) is 18.7 Å². The van der Waals surface area contributed by atoms with Crippen molar-refractivity contribution in [2.45, 2.75) is 64.0 Å². The Hall–Kier alpha value is -0.940. The number of hydrogen-bond acceptors (Lipinski definition) is 4. The Bertz CT molecular complexity index is 496. The number of thiazole rings is 1. The summed E-state index contributed by atoms with van der Waals surface area (Å²) in [5, 5.41) is 10.1. The standard InChI is InChI=1S/C15H22N2O2S/c1-10-4-2-3-7-17(10)9-13-16-15(11-5-6-11)12(20-13)8-14(18)19/h10-11H,2-9H2,1H3,(H,18,19). The van der Waals surface area contributed by atoms with Crippen LogP contribution in [0.4, 0.5) is 0 Å². The molecule has 0 spiro atoms. The van der Waals surface area contributed by atoms with E-state index in [0.29, 0.717) is 12.0 Å². The van der Waals surface area contributed by atoms with Crippen molar-refractivity contribution in [1.29, 1.82) is 0 Å². The van der Waals surface area contributed by atoms with Crippen molar-refractivity contribution in [3.8, 4) is 0 Å². The molecule has 0 radical (unpaired) electrons. The number of aromatic nitrogens is 1. The molecule has 2 heterocycles. The maximum atomic E-state index is 11.0. The molecule has 2 aliphatic rings. The van der Waals surface area contributed by atoms with Gasteiger partial charge in [0.2, 0.25) is 0 Å². The Kier molecular flexibility index (Phi) is 4.08. The molecular weight excluding hydrogens is 272 g/mol. The van der Waals surface area contributed by atoms with E-state index in [2.05, 4.69) is 11.8 Å². The molecule has 1 unspecified atom stereocenters. The van der Waals surface area contributed by atoms with Gasteiger partial charge in [-0.3, -0.25) is 9.69 Å². The monoisotopic (exact) mass is 294 g/mol. The lowest BCUT2D eigenvalue weighted by Gasteiger charge is -2.32. The first-order valence-electron chi connectivity index (χ1n) is 7.58. The van der Waals surface area contributed by atoms with Crippen LogP contribution >= 0.6 is 11.3 Å². The Morgan fingerprint density at radius 1 is 1.40 bits per heavy atom. The molecule has 110 valence electrons. The minimum Gasteiger partial charge on any atom is -0.481 e. The third kappa shape index (κ3) is 3.20. The molecular formula is C15H22N2O2S. The third-order valence-corrected chi connectivity index (χ3v) is 5.38. The SMILES string of the molecule is CC1CCCCN1Cc1nc(C2CC2)c(CC(=O)O)s1. The molecule has 0 aromatic carbocycles. The second-order valence-electron chi connectivity index (χ2n) is 6.08. The summed E-state index contributed by atoms with van der Waals surface area (Å²) in [6.45, 7) is 4.33. The lowest BCUT2D eigenvalue weighted by molar-refractivity contribution is -0.136. The van der Waals surface area contributed by atoms with E-state index in [4.69, 9.17) is 10.1 Å². The minimum atomic E-state index is -0.742. The molecule has 1 aliphatic carbocycles. The van der Waals surface area contributed by atoms with Crippen LogP contribution < -0.4 is 0 Å². The van der Waals surface area contributed by atoms with Crippen LogP contribution in [-0.2, 0) is 17.8 Å². The van der Waals surface area contributed by atoms with Gasteiger partial charge in [0.25, 0.3) is 0 Å². The van der Waals surface area contributed by atoms with Crippen molar-refractivity contribution < 1.29 is 9.90 Å². The van der Waals surface area contributed by atoms with Crippen LogP contribution in [-0.4, -0.2) is 33.5 Å². The first-order chi connectivity index (χ1) is 9.63. The summed E-state index contributed by atoms with van der Waals surface area (Å²) in [6, 6.07) is 0.625. The summed E-state index contributed by atoms with van der Waals surface area (Å²) in [7, 11) is 0. The summed E-state index contributed by atoms with van der Waals surface area (Å²) < 4.78 is 0. The summed E-state index contributed by atoms with van der Waals surface area (Å²) in [5.74, 6) is -0.207. The average molecular weight is 294 g/mol. The van der Waals surface area contributed by atoms with Gasteiger partial charge in [0.15, 0.2) is 0 Å². The normalized spacial score (nSPS) is 23.9. The van der Waals surface area contributed by atoms with Gasteiger partial charge in [0.1, 0.15) is 5.01 Å². The van der Waals surface area contributed by atoms with E-state index < -0.39 is 5.97 Å². The van der Waals surface area contributed by atoms with E-state index in [1.807, 2.05) is 0 Å². The Morgan fingerprint density at radius 3 is 2.85 bits per heavy atom. The van der Waals surface area contributed by atoms with E-state index in [0.717, 1.165) is 28.7 Å². The topological polar surface area (TPSA) is 53.4 Å². The Morgan fingerprint density at radius 2 is 2.20 bits per heavy atom. The van der Waals surface area contributed by atoms with Gasteiger partial charge >= 0.3 is 5.97 Å². The molecule has 2 fully saturated rings. The predicted molar refractivity (Wildman–Crippen MR) is 79.2 cm³/mol. The molecule has 20 heavy (non-hydrogen) atoms. The number of aliphatic carboxylic acids is 1. The van der Waals surface area contributed by atoms with Crippen molar-refractivity contribution >= 4 is 17.3 Å². The number of carboxylic acids is 1. The molecule has 1 saturated heterocycles. The summed E-state index contributed by atoms with van der Waals surface area (Å²) in [4.78, 5) is 19.2. The fourth-order valence-electron chi connectivity index (χ4n) is 2.99. The van der Waals surface area contributed by atoms with Crippen LogP contribution in [0.3, 0.4) is 0 Å². The molecule has 1 aliphatic heterocycles. The molecule has 1 aromatic heterocycles. The largest absolute Gasteiger partial charge is 0.481 e. The first kappa shape index (κ1) is 14.0.